The molecule has 0 unspecified atom stereocenters. The smallest absolute Gasteiger partial charge is 0.259 e. The fourth-order valence-electron chi connectivity index (χ4n) is 2.46. The van der Waals surface area contributed by atoms with Crippen LogP contribution in [0.2, 0.25) is 0 Å². The van der Waals surface area contributed by atoms with Crippen molar-refractivity contribution in [2.45, 2.75) is 0 Å². The van der Waals surface area contributed by atoms with Crippen LogP contribution in [0.5, 0.6) is 0 Å². The predicted molar refractivity (Wildman–Crippen MR) is 91.5 cm³/mol. The Morgan fingerprint density at radius 3 is 2.67 bits per heavy atom. The second-order valence-corrected chi connectivity index (χ2v) is 6.05. The SMILES string of the molecule is O=c1[nH]c2cc(-c3ccccc3)nn2c2cc(I)ccc12. The fourth-order valence-corrected chi connectivity index (χ4v) is 2.93. The van der Waals surface area contributed by atoms with Gasteiger partial charge in [-0.2, -0.15) is 5.10 Å². The number of rotatable bonds is 1. The molecule has 0 amide bonds. The first-order valence-corrected chi connectivity index (χ1v) is 7.57. The average Bonchev–Trinajstić information content (AvgIpc) is 2.92. The van der Waals surface area contributed by atoms with Crippen molar-refractivity contribution in [2.75, 3.05) is 0 Å². The average molecular weight is 387 g/mol. The first kappa shape index (κ1) is 12.6. The van der Waals surface area contributed by atoms with Crippen LogP contribution in [0.25, 0.3) is 27.8 Å². The molecule has 4 aromatic rings. The third-order valence-electron chi connectivity index (χ3n) is 3.45. The summed E-state index contributed by atoms with van der Waals surface area (Å²) in [5.41, 5.74) is 3.31. The lowest BCUT2D eigenvalue weighted by molar-refractivity contribution is 0.980. The van der Waals surface area contributed by atoms with Crippen LogP contribution in [0, 0.1) is 3.57 Å². The van der Waals surface area contributed by atoms with Gasteiger partial charge in [-0.3, -0.25) is 4.79 Å². The van der Waals surface area contributed by atoms with Gasteiger partial charge < -0.3 is 4.98 Å². The molecule has 2 heterocycles. The minimum absolute atomic E-state index is 0.0894. The molecule has 2 aromatic heterocycles. The molecule has 2 aromatic carbocycles. The number of H-pyrrole nitrogens is 1. The molecule has 0 aliphatic heterocycles. The van der Waals surface area contributed by atoms with E-state index in [1.165, 1.54) is 0 Å². The Hall–Kier alpha value is -2.15. The van der Waals surface area contributed by atoms with E-state index < -0.39 is 0 Å². The van der Waals surface area contributed by atoms with Crippen molar-refractivity contribution in [3.05, 3.63) is 68.5 Å². The minimum atomic E-state index is -0.0894. The molecule has 5 heteroatoms. The van der Waals surface area contributed by atoms with Gasteiger partial charge in [-0.1, -0.05) is 30.3 Å². The molecule has 0 saturated heterocycles. The second-order valence-electron chi connectivity index (χ2n) is 4.81. The number of nitrogens with zero attached hydrogens (tertiary/aromatic N) is 2. The first-order valence-electron chi connectivity index (χ1n) is 6.49. The van der Waals surface area contributed by atoms with Crippen LogP contribution in [-0.2, 0) is 0 Å². The lowest BCUT2D eigenvalue weighted by atomic mass is 10.2. The minimum Gasteiger partial charge on any atom is -0.306 e. The van der Waals surface area contributed by atoms with E-state index >= 15 is 0 Å². The largest absolute Gasteiger partial charge is 0.306 e. The van der Waals surface area contributed by atoms with E-state index in [0.717, 1.165) is 20.3 Å². The number of aromatic nitrogens is 3. The molecular formula is C16H10IN3O. The first-order chi connectivity index (χ1) is 10.2. The number of fused-ring (bicyclic) bond motifs is 3. The third kappa shape index (κ3) is 2.04. The summed E-state index contributed by atoms with van der Waals surface area (Å²) in [6.45, 7) is 0. The maximum absolute atomic E-state index is 12.2. The molecule has 0 aliphatic rings. The zero-order valence-electron chi connectivity index (χ0n) is 10.9. The molecule has 102 valence electrons. The van der Waals surface area contributed by atoms with Crippen LogP contribution in [0.4, 0.5) is 0 Å². The van der Waals surface area contributed by atoms with Gasteiger partial charge in [0.15, 0.2) is 0 Å². The Bertz CT molecular complexity index is 1020. The molecule has 0 radical (unpaired) electrons. The Labute approximate surface area is 133 Å². The number of aromatic amines is 1. The van der Waals surface area contributed by atoms with Gasteiger partial charge in [0.2, 0.25) is 0 Å². The Kier molecular flexibility index (Phi) is 2.81. The van der Waals surface area contributed by atoms with Crippen LogP contribution in [0.3, 0.4) is 0 Å². The van der Waals surface area contributed by atoms with Crippen LogP contribution in [0.1, 0.15) is 0 Å². The highest BCUT2D eigenvalue weighted by Gasteiger charge is 2.10. The van der Waals surface area contributed by atoms with Gasteiger partial charge in [-0.15, -0.1) is 0 Å². The quantitative estimate of drug-likeness (QED) is 0.509. The van der Waals surface area contributed by atoms with E-state index in [1.54, 1.807) is 4.52 Å². The highest BCUT2D eigenvalue weighted by atomic mass is 127. The number of hydrogen-bond acceptors (Lipinski definition) is 2. The molecule has 1 N–H and O–H groups in total. The van der Waals surface area contributed by atoms with Gasteiger partial charge in [-0.25, -0.2) is 4.52 Å². The normalized spacial score (nSPS) is 11.3. The van der Waals surface area contributed by atoms with Gasteiger partial charge >= 0.3 is 0 Å². The maximum atomic E-state index is 12.2. The summed E-state index contributed by atoms with van der Waals surface area (Å²) in [5.74, 6) is 0. The molecule has 0 bridgehead atoms. The summed E-state index contributed by atoms with van der Waals surface area (Å²) in [7, 11) is 0. The summed E-state index contributed by atoms with van der Waals surface area (Å²) in [6.07, 6.45) is 0. The van der Waals surface area contributed by atoms with Gasteiger partial charge in [0, 0.05) is 15.2 Å². The van der Waals surface area contributed by atoms with E-state index in [0.29, 0.717) is 11.0 Å². The van der Waals surface area contributed by atoms with Crippen LogP contribution < -0.4 is 5.56 Å². The van der Waals surface area contributed by atoms with E-state index in [2.05, 4.69) is 32.7 Å². The topological polar surface area (TPSA) is 50.2 Å². The molecule has 0 saturated carbocycles. The third-order valence-corrected chi connectivity index (χ3v) is 4.12. The van der Waals surface area contributed by atoms with E-state index in [4.69, 9.17) is 0 Å². The summed E-state index contributed by atoms with van der Waals surface area (Å²) >= 11 is 2.24. The van der Waals surface area contributed by atoms with Gasteiger partial charge in [0.05, 0.1) is 16.6 Å². The molecule has 21 heavy (non-hydrogen) atoms. The van der Waals surface area contributed by atoms with E-state index in [9.17, 15) is 4.79 Å². The molecule has 0 fully saturated rings. The molecular weight excluding hydrogens is 377 g/mol. The standard InChI is InChI=1S/C16H10IN3O/c17-11-6-7-12-14(8-11)20-15(18-16(12)21)9-13(19-20)10-4-2-1-3-5-10/h1-9H,(H,18,21). The van der Waals surface area contributed by atoms with Crippen LogP contribution in [0.15, 0.2) is 59.4 Å². The van der Waals surface area contributed by atoms with E-state index in [1.807, 2.05) is 54.6 Å². The van der Waals surface area contributed by atoms with Gasteiger partial charge in [-0.05, 0) is 40.8 Å². The molecule has 0 aliphatic carbocycles. The fraction of sp³-hybridized carbons (Fsp3) is 0. The predicted octanol–water partition coefficient (Wildman–Crippen LogP) is 3.45. The molecule has 4 nitrogen and oxygen atoms in total. The number of nitrogens with one attached hydrogen (secondary N) is 1. The van der Waals surface area contributed by atoms with Crippen molar-refractivity contribution < 1.29 is 0 Å². The summed E-state index contributed by atoms with van der Waals surface area (Å²) in [5, 5.41) is 5.28. The van der Waals surface area contributed by atoms with Crippen LogP contribution in [-0.4, -0.2) is 14.6 Å². The summed E-state index contributed by atoms with van der Waals surface area (Å²) < 4.78 is 2.87. The van der Waals surface area contributed by atoms with Crippen molar-refractivity contribution in [3.63, 3.8) is 0 Å². The highest BCUT2D eigenvalue weighted by molar-refractivity contribution is 14.1. The Balaban J connectivity index is 2.10. The lowest BCUT2D eigenvalue weighted by Crippen LogP contribution is -2.09. The lowest BCUT2D eigenvalue weighted by Gasteiger charge is -2.01. The zero-order chi connectivity index (χ0) is 14.4. The molecule has 0 spiro atoms. The molecule has 4 rings (SSSR count). The highest BCUT2D eigenvalue weighted by Crippen LogP contribution is 2.21. The van der Waals surface area contributed by atoms with Crippen molar-refractivity contribution in [2.24, 2.45) is 0 Å². The summed E-state index contributed by atoms with van der Waals surface area (Å²) in [4.78, 5) is 15.0. The summed E-state index contributed by atoms with van der Waals surface area (Å²) in [6, 6.07) is 17.6. The van der Waals surface area contributed by atoms with Gasteiger partial charge in [0.1, 0.15) is 5.65 Å². The van der Waals surface area contributed by atoms with Crippen molar-refractivity contribution in [1.82, 2.24) is 14.6 Å². The maximum Gasteiger partial charge on any atom is 0.259 e. The Morgan fingerprint density at radius 2 is 1.86 bits per heavy atom. The number of benzene rings is 2. The van der Waals surface area contributed by atoms with E-state index in [-0.39, 0.29) is 5.56 Å². The van der Waals surface area contributed by atoms with Crippen molar-refractivity contribution in [3.8, 4) is 11.3 Å². The Morgan fingerprint density at radius 1 is 1.05 bits per heavy atom. The van der Waals surface area contributed by atoms with Crippen LogP contribution >= 0.6 is 22.6 Å². The monoisotopic (exact) mass is 387 g/mol. The van der Waals surface area contributed by atoms with Gasteiger partial charge in [0.25, 0.3) is 5.56 Å². The number of halogens is 1. The molecule has 0 atom stereocenters. The van der Waals surface area contributed by atoms with Crippen molar-refractivity contribution >= 4 is 39.1 Å². The zero-order valence-corrected chi connectivity index (χ0v) is 13.0. The van der Waals surface area contributed by atoms with Crippen molar-refractivity contribution in [1.29, 1.82) is 0 Å². The number of hydrogen-bond donors (Lipinski definition) is 1. The second kappa shape index (κ2) is 4.70.